The minimum atomic E-state index is -0.935. The number of unbranched alkanes of at least 4 members (excludes halogenated alkanes) is 1. The number of rotatable bonds is 9. The third-order valence-corrected chi connectivity index (χ3v) is 2.66. The number of carbonyl (C=O) groups is 3. The summed E-state index contributed by atoms with van der Waals surface area (Å²) in [6.45, 7) is 16.1. The Labute approximate surface area is 184 Å². The summed E-state index contributed by atoms with van der Waals surface area (Å²) in [5.74, 6) is -2.94. The van der Waals surface area contributed by atoms with Crippen LogP contribution in [-0.4, -0.2) is 80.1 Å². The van der Waals surface area contributed by atoms with Crippen LogP contribution in [0.3, 0.4) is 0 Å². The number of carboxylic acid groups (broad SMARTS) is 3. The maximum Gasteiger partial charge on any atom is 0.330 e. The molecular weight excluding hydrogens is 412 g/mol. The Morgan fingerprint density at radius 2 is 0.935 bits per heavy atom. The average Bonchev–Trinajstić information content (AvgIpc) is 2.68. The lowest BCUT2D eigenvalue weighted by atomic mass is 10.1. The van der Waals surface area contributed by atoms with Gasteiger partial charge in [-0.2, -0.15) is 0 Å². The van der Waals surface area contributed by atoms with E-state index in [1.54, 1.807) is 0 Å². The van der Waals surface area contributed by atoms with Crippen LogP contribution in [0, 0.1) is 5.92 Å². The molecule has 31 heavy (non-hydrogen) atoms. The second-order valence-electron chi connectivity index (χ2n) is 6.08. The summed E-state index contributed by atoms with van der Waals surface area (Å²) in [5.41, 5.74) is 0.528. The normalized spacial score (nSPS) is 8.42. The van der Waals surface area contributed by atoms with Crippen molar-refractivity contribution in [1.82, 2.24) is 0 Å². The first kappa shape index (κ1) is 39.0. The molecule has 184 valence electrons. The number of carboxylic acids is 3. The zero-order valence-corrected chi connectivity index (χ0v) is 19.0. The summed E-state index contributed by atoms with van der Waals surface area (Å²) >= 11 is 0. The van der Waals surface area contributed by atoms with Gasteiger partial charge < -0.3 is 35.7 Å². The van der Waals surface area contributed by atoms with E-state index in [0.717, 1.165) is 12.8 Å². The van der Waals surface area contributed by atoms with Crippen LogP contribution in [-0.2, 0) is 14.4 Å². The van der Waals surface area contributed by atoms with Crippen molar-refractivity contribution in [2.24, 2.45) is 5.92 Å². The Bertz CT molecular complexity index is 413. The molecule has 0 aliphatic carbocycles. The molecule has 0 bridgehead atoms. The molecule has 0 radical (unpaired) electrons. The van der Waals surface area contributed by atoms with E-state index in [-0.39, 0.29) is 42.5 Å². The first-order chi connectivity index (χ1) is 14.2. The molecule has 0 heterocycles. The maximum atomic E-state index is 9.60. The monoisotopic (exact) mass is 452 g/mol. The van der Waals surface area contributed by atoms with Crippen LogP contribution in [0.15, 0.2) is 36.5 Å². The molecule has 0 spiro atoms. The van der Waals surface area contributed by atoms with Crippen LogP contribution < -0.4 is 0 Å². The number of aliphatic hydroxyl groups excluding tert-OH is 4. The highest BCUT2D eigenvalue weighted by molar-refractivity contribution is 5.85. The van der Waals surface area contributed by atoms with Crippen LogP contribution in [0.2, 0.25) is 0 Å². The standard InChI is InChI=1S/C5H12O3.3C4H6O2.C4H10O/c6-2-1-5(3-7)4-8;3*1-3(2)4(5)6;1-2-3-4-5/h5-8H,1-4H2;3*1H2,2H3,(H,5,6);5H,2-4H2,1H3. The molecule has 0 aromatic rings. The molecule has 0 aromatic heterocycles. The number of aliphatic carboxylic acids is 3. The van der Waals surface area contributed by atoms with Crippen LogP contribution in [0.25, 0.3) is 0 Å². The molecule has 0 unspecified atom stereocenters. The predicted molar refractivity (Wildman–Crippen MR) is 119 cm³/mol. The molecule has 10 nitrogen and oxygen atoms in total. The summed E-state index contributed by atoms with van der Waals surface area (Å²) in [6.07, 6.45) is 2.52. The molecule has 7 N–H and O–H groups in total. The van der Waals surface area contributed by atoms with Gasteiger partial charge in [-0.25, -0.2) is 14.4 Å². The van der Waals surface area contributed by atoms with Crippen molar-refractivity contribution < 1.29 is 50.1 Å². The molecule has 0 atom stereocenters. The molecule has 10 heteroatoms. The summed E-state index contributed by atoms with van der Waals surface area (Å²) < 4.78 is 0. The molecule has 0 aliphatic heterocycles. The molecule has 0 saturated carbocycles. The van der Waals surface area contributed by atoms with Gasteiger partial charge >= 0.3 is 17.9 Å². The third kappa shape index (κ3) is 52.2. The molecule has 0 fully saturated rings. The molecule has 0 rings (SSSR count). The van der Waals surface area contributed by atoms with Gasteiger partial charge in [0.1, 0.15) is 0 Å². The summed E-state index contributed by atoms with van der Waals surface area (Å²) in [6, 6.07) is 0. The lowest BCUT2D eigenvalue weighted by molar-refractivity contribution is -0.133. The van der Waals surface area contributed by atoms with Crippen molar-refractivity contribution in [3.8, 4) is 0 Å². The minimum Gasteiger partial charge on any atom is -0.478 e. The largest absolute Gasteiger partial charge is 0.478 e. The van der Waals surface area contributed by atoms with Gasteiger partial charge in [-0.15, -0.1) is 0 Å². The molecular formula is C21H40O10. The molecule has 0 aliphatic rings. The second-order valence-corrected chi connectivity index (χ2v) is 6.08. The van der Waals surface area contributed by atoms with Crippen LogP contribution in [0.1, 0.15) is 47.0 Å². The maximum absolute atomic E-state index is 9.60. The SMILES string of the molecule is C=C(C)C(=O)O.C=C(C)C(=O)O.C=C(C)C(=O)O.CCCCO.OCCC(CO)CO. The summed E-state index contributed by atoms with van der Waals surface area (Å²) in [4.78, 5) is 28.8. The predicted octanol–water partition coefficient (Wildman–Crippen LogP) is 1.69. The molecule has 0 aromatic carbocycles. The van der Waals surface area contributed by atoms with E-state index in [4.69, 9.17) is 35.7 Å². The van der Waals surface area contributed by atoms with Gasteiger partial charge in [0.25, 0.3) is 0 Å². The highest BCUT2D eigenvalue weighted by Gasteiger charge is 2.02. The van der Waals surface area contributed by atoms with Crippen molar-refractivity contribution in [2.45, 2.75) is 47.0 Å². The van der Waals surface area contributed by atoms with E-state index in [1.807, 2.05) is 0 Å². The van der Waals surface area contributed by atoms with E-state index < -0.39 is 17.9 Å². The van der Waals surface area contributed by atoms with Gasteiger partial charge in [0.15, 0.2) is 0 Å². The topological polar surface area (TPSA) is 193 Å². The van der Waals surface area contributed by atoms with Crippen LogP contribution in [0.4, 0.5) is 0 Å². The fraction of sp³-hybridized carbons (Fsp3) is 0.571. The Morgan fingerprint density at radius 3 is 0.968 bits per heavy atom. The number of aliphatic hydroxyl groups is 4. The van der Waals surface area contributed by atoms with Crippen molar-refractivity contribution in [1.29, 1.82) is 0 Å². The molecule has 0 saturated heterocycles. The highest BCUT2D eigenvalue weighted by Crippen LogP contribution is 1.97. The van der Waals surface area contributed by atoms with Crippen molar-refractivity contribution in [2.75, 3.05) is 26.4 Å². The lowest BCUT2D eigenvalue weighted by Gasteiger charge is -2.06. The Balaban J connectivity index is -0.0000000917. The zero-order valence-electron chi connectivity index (χ0n) is 19.0. The molecule has 0 amide bonds. The third-order valence-electron chi connectivity index (χ3n) is 2.66. The Morgan fingerprint density at radius 1 is 0.677 bits per heavy atom. The van der Waals surface area contributed by atoms with Gasteiger partial charge in [0, 0.05) is 49.1 Å². The van der Waals surface area contributed by atoms with Gasteiger partial charge in [-0.3, -0.25) is 0 Å². The van der Waals surface area contributed by atoms with Gasteiger partial charge in [-0.05, 0) is 33.6 Å². The van der Waals surface area contributed by atoms with Gasteiger partial charge in [0.2, 0.25) is 0 Å². The lowest BCUT2D eigenvalue weighted by Crippen LogP contribution is -2.12. The van der Waals surface area contributed by atoms with E-state index in [9.17, 15) is 14.4 Å². The number of hydrogen-bond acceptors (Lipinski definition) is 7. The van der Waals surface area contributed by atoms with Gasteiger partial charge in [-0.1, -0.05) is 33.1 Å². The second kappa shape index (κ2) is 29.7. The zero-order chi connectivity index (χ0) is 26.0. The average molecular weight is 453 g/mol. The van der Waals surface area contributed by atoms with Crippen LogP contribution >= 0.6 is 0 Å². The van der Waals surface area contributed by atoms with Gasteiger partial charge in [0.05, 0.1) is 0 Å². The Kier molecular flexibility index (Phi) is 37.3. The minimum absolute atomic E-state index is 0.0335. The summed E-state index contributed by atoms with van der Waals surface area (Å²) in [5, 5.41) is 56.8. The van der Waals surface area contributed by atoms with E-state index in [1.165, 1.54) is 20.8 Å². The number of hydrogen-bond donors (Lipinski definition) is 7. The smallest absolute Gasteiger partial charge is 0.330 e. The highest BCUT2D eigenvalue weighted by atomic mass is 16.4. The van der Waals surface area contributed by atoms with E-state index in [2.05, 4.69) is 26.7 Å². The fourth-order valence-corrected chi connectivity index (χ4v) is 0.581. The van der Waals surface area contributed by atoms with Crippen molar-refractivity contribution >= 4 is 17.9 Å². The first-order valence-electron chi connectivity index (χ1n) is 9.29. The quantitative estimate of drug-likeness (QED) is 0.253. The van der Waals surface area contributed by atoms with Crippen molar-refractivity contribution in [3.63, 3.8) is 0 Å². The summed E-state index contributed by atoms with van der Waals surface area (Å²) in [7, 11) is 0. The van der Waals surface area contributed by atoms with E-state index in [0.29, 0.717) is 13.0 Å². The van der Waals surface area contributed by atoms with Crippen LogP contribution in [0.5, 0.6) is 0 Å². The van der Waals surface area contributed by atoms with Crippen molar-refractivity contribution in [3.05, 3.63) is 36.5 Å². The fourth-order valence-electron chi connectivity index (χ4n) is 0.581. The first-order valence-corrected chi connectivity index (χ1v) is 9.29. The van der Waals surface area contributed by atoms with E-state index >= 15 is 0 Å². The Hall–Kier alpha value is -2.53.